The Balaban J connectivity index is 1.44. The van der Waals surface area contributed by atoms with Gasteiger partial charge in [0.25, 0.3) is 0 Å². The highest BCUT2D eigenvalue weighted by atomic mass is 16.7. The van der Waals surface area contributed by atoms with Crippen LogP contribution in [-0.4, -0.2) is 62.6 Å². The molecule has 1 aromatic heterocycles. The molecular weight excluding hydrogens is 464 g/mol. The number of carbonyl (C=O) groups excluding carboxylic acids is 2. The zero-order valence-electron chi connectivity index (χ0n) is 21.3. The summed E-state index contributed by atoms with van der Waals surface area (Å²) in [5.41, 5.74) is 2.16. The molecule has 1 aliphatic heterocycles. The zero-order valence-corrected chi connectivity index (χ0v) is 21.3. The van der Waals surface area contributed by atoms with Crippen molar-refractivity contribution in [1.29, 1.82) is 0 Å². The van der Waals surface area contributed by atoms with Crippen LogP contribution in [0.1, 0.15) is 29.8 Å². The molecule has 9 heteroatoms. The van der Waals surface area contributed by atoms with E-state index in [4.69, 9.17) is 23.7 Å². The Bertz CT molecular complexity index is 1240. The number of benzene rings is 2. The van der Waals surface area contributed by atoms with E-state index in [-0.39, 0.29) is 30.8 Å². The molecule has 1 amide bonds. The molecule has 0 radical (unpaired) electrons. The molecule has 4 rings (SSSR count). The summed E-state index contributed by atoms with van der Waals surface area (Å²) < 4.78 is 29.6. The zero-order chi connectivity index (χ0) is 25.9. The minimum Gasteiger partial charge on any atom is -0.493 e. The van der Waals surface area contributed by atoms with Gasteiger partial charge in [-0.15, -0.1) is 0 Å². The van der Waals surface area contributed by atoms with E-state index in [0.29, 0.717) is 41.5 Å². The number of nitrogens with one attached hydrogen (secondary N) is 1. The van der Waals surface area contributed by atoms with Crippen LogP contribution in [0, 0.1) is 0 Å². The van der Waals surface area contributed by atoms with Crippen LogP contribution in [0.2, 0.25) is 0 Å². The minimum absolute atomic E-state index is 0.0561. The molecule has 1 saturated heterocycles. The average Bonchev–Trinajstić information content (AvgIpc) is 3.41. The van der Waals surface area contributed by atoms with Crippen molar-refractivity contribution >= 4 is 22.6 Å². The van der Waals surface area contributed by atoms with Crippen molar-refractivity contribution < 1.29 is 33.3 Å². The van der Waals surface area contributed by atoms with E-state index in [1.807, 2.05) is 48.9 Å². The third kappa shape index (κ3) is 5.47. The van der Waals surface area contributed by atoms with E-state index >= 15 is 0 Å². The number of methoxy groups -OCH3 is 3. The normalized spacial score (nSPS) is 16.6. The summed E-state index contributed by atoms with van der Waals surface area (Å²) >= 11 is 0. The summed E-state index contributed by atoms with van der Waals surface area (Å²) in [5, 5.41) is 3.57. The number of hydrogen-bond acceptors (Lipinski definition) is 7. The number of rotatable bonds is 10. The lowest BCUT2D eigenvalue weighted by Gasteiger charge is -2.17. The fourth-order valence-corrected chi connectivity index (χ4v) is 4.45. The van der Waals surface area contributed by atoms with E-state index in [9.17, 15) is 9.59 Å². The van der Waals surface area contributed by atoms with Gasteiger partial charge in [0.1, 0.15) is 6.10 Å². The summed E-state index contributed by atoms with van der Waals surface area (Å²) in [6.07, 6.45) is 1.77. The van der Waals surface area contributed by atoms with Crippen molar-refractivity contribution in [3.8, 4) is 17.2 Å². The van der Waals surface area contributed by atoms with Crippen LogP contribution < -0.4 is 19.5 Å². The standard InChI is InChI=1S/C27H32N2O7/c1-27(2)35-16-18(36-27)14-29-15-20(19-8-6-7-9-21(19)29)22(30)13-28-25(31)12-17-10-23(32-3)26(34-5)24(11-17)33-4/h6-11,15,18H,12-14,16H2,1-5H3,(H,28,31). The molecule has 36 heavy (non-hydrogen) atoms. The van der Waals surface area contributed by atoms with Gasteiger partial charge >= 0.3 is 0 Å². The Morgan fingerprint density at radius 2 is 1.78 bits per heavy atom. The molecule has 1 aliphatic rings. The fraction of sp³-hybridized carbons (Fsp3) is 0.407. The molecule has 1 fully saturated rings. The first-order valence-corrected chi connectivity index (χ1v) is 11.7. The van der Waals surface area contributed by atoms with Gasteiger partial charge in [0.2, 0.25) is 11.7 Å². The maximum absolute atomic E-state index is 13.1. The lowest BCUT2D eigenvalue weighted by Crippen LogP contribution is -2.30. The quantitative estimate of drug-likeness (QED) is 0.430. The topological polar surface area (TPSA) is 97.3 Å². The molecular formula is C27H32N2O7. The Morgan fingerprint density at radius 1 is 1.08 bits per heavy atom. The van der Waals surface area contributed by atoms with Crippen molar-refractivity contribution in [1.82, 2.24) is 9.88 Å². The highest BCUT2D eigenvalue weighted by molar-refractivity contribution is 6.09. The van der Waals surface area contributed by atoms with E-state index in [2.05, 4.69) is 5.32 Å². The van der Waals surface area contributed by atoms with E-state index in [1.165, 1.54) is 21.3 Å². The molecule has 1 unspecified atom stereocenters. The van der Waals surface area contributed by atoms with Crippen LogP contribution in [0.15, 0.2) is 42.6 Å². The maximum Gasteiger partial charge on any atom is 0.224 e. The van der Waals surface area contributed by atoms with Crippen LogP contribution in [0.5, 0.6) is 17.2 Å². The van der Waals surface area contributed by atoms with E-state index in [1.54, 1.807) is 12.1 Å². The molecule has 3 aromatic rings. The molecule has 2 heterocycles. The lowest BCUT2D eigenvalue weighted by molar-refractivity contribution is -0.139. The van der Waals surface area contributed by atoms with Gasteiger partial charge in [-0.1, -0.05) is 18.2 Å². The molecule has 192 valence electrons. The van der Waals surface area contributed by atoms with Crippen molar-refractivity contribution in [3.63, 3.8) is 0 Å². The first-order valence-electron chi connectivity index (χ1n) is 11.7. The Hall–Kier alpha value is -3.56. The summed E-state index contributed by atoms with van der Waals surface area (Å²) in [6.45, 7) is 4.70. The predicted octanol–water partition coefficient (Wildman–Crippen LogP) is 3.36. The Kier molecular flexibility index (Phi) is 7.51. The molecule has 2 aromatic carbocycles. The largest absolute Gasteiger partial charge is 0.493 e. The van der Waals surface area contributed by atoms with Crippen LogP contribution in [-0.2, 0) is 27.2 Å². The van der Waals surface area contributed by atoms with Crippen molar-refractivity contribution in [2.45, 2.75) is 38.7 Å². The second-order valence-corrected chi connectivity index (χ2v) is 9.07. The first-order chi connectivity index (χ1) is 17.2. The first kappa shape index (κ1) is 25.5. The molecule has 9 nitrogen and oxygen atoms in total. The van der Waals surface area contributed by atoms with Gasteiger partial charge in [0.05, 0.1) is 47.4 Å². The molecule has 0 saturated carbocycles. The number of ketones is 1. The van der Waals surface area contributed by atoms with Gasteiger partial charge in [0, 0.05) is 22.7 Å². The number of carbonyl (C=O) groups is 2. The summed E-state index contributed by atoms with van der Waals surface area (Å²) in [5.74, 6) is 0.294. The van der Waals surface area contributed by atoms with Gasteiger partial charge in [-0.2, -0.15) is 0 Å². The number of aromatic nitrogens is 1. The Labute approximate surface area is 210 Å². The lowest BCUT2D eigenvalue weighted by atomic mass is 10.1. The molecule has 1 atom stereocenters. The SMILES string of the molecule is COc1cc(CC(=O)NCC(=O)c2cn(CC3COC(C)(C)O3)c3ccccc23)cc(OC)c1OC. The summed E-state index contributed by atoms with van der Waals surface area (Å²) in [4.78, 5) is 25.8. The van der Waals surface area contributed by atoms with Crippen LogP contribution >= 0.6 is 0 Å². The molecule has 0 aliphatic carbocycles. The smallest absolute Gasteiger partial charge is 0.224 e. The molecule has 0 spiro atoms. The fourth-order valence-electron chi connectivity index (χ4n) is 4.45. The van der Waals surface area contributed by atoms with Crippen LogP contribution in [0.4, 0.5) is 0 Å². The number of fused-ring (bicyclic) bond motifs is 1. The van der Waals surface area contributed by atoms with Gasteiger partial charge in [-0.3, -0.25) is 9.59 Å². The number of para-hydroxylation sites is 1. The third-order valence-electron chi connectivity index (χ3n) is 6.09. The average molecular weight is 497 g/mol. The number of ether oxygens (including phenoxy) is 5. The number of nitrogens with zero attached hydrogens (tertiary/aromatic N) is 1. The van der Waals surface area contributed by atoms with Crippen molar-refractivity contribution in [2.24, 2.45) is 0 Å². The van der Waals surface area contributed by atoms with Crippen molar-refractivity contribution in [3.05, 3.63) is 53.7 Å². The summed E-state index contributed by atoms with van der Waals surface area (Å²) in [6, 6.07) is 11.1. The van der Waals surface area contributed by atoms with Gasteiger partial charge in [-0.05, 0) is 37.6 Å². The van der Waals surface area contributed by atoms with Gasteiger partial charge < -0.3 is 33.6 Å². The van der Waals surface area contributed by atoms with E-state index in [0.717, 1.165) is 10.9 Å². The molecule has 0 bridgehead atoms. The number of amides is 1. The number of hydrogen-bond donors (Lipinski definition) is 1. The number of Topliss-reactive ketones (excluding diaryl/α,β-unsaturated/α-hetero) is 1. The highest BCUT2D eigenvalue weighted by Gasteiger charge is 2.33. The maximum atomic E-state index is 13.1. The molecule has 1 N–H and O–H groups in total. The van der Waals surface area contributed by atoms with Crippen molar-refractivity contribution in [2.75, 3.05) is 34.5 Å². The monoisotopic (exact) mass is 496 g/mol. The van der Waals surface area contributed by atoms with Gasteiger partial charge in [0.15, 0.2) is 23.1 Å². The summed E-state index contributed by atoms with van der Waals surface area (Å²) in [7, 11) is 4.55. The van der Waals surface area contributed by atoms with Crippen LogP contribution in [0.3, 0.4) is 0 Å². The minimum atomic E-state index is -0.617. The van der Waals surface area contributed by atoms with E-state index < -0.39 is 5.79 Å². The third-order valence-corrected chi connectivity index (χ3v) is 6.09. The second-order valence-electron chi connectivity index (χ2n) is 9.07. The van der Waals surface area contributed by atoms with Gasteiger partial charge in [-0.25, -0.2) is 0 Å². The highest BCUT2D eigenvalue weighted by Crippen LogP contribution is 2.38. The second kappa shape index (κ2) is 10.6. The predicted molar refractivity (Wildman–Crippen MR) is 134 cm³/mol. The van der Waals surface area contributed by atoms with Crippen LogP contribution in [0.25, 0.3) is 10.9 Å². The Morgan fingerprint density at radius 3 is 2.39 bits per heavy atom.